The van der Waals surface area contributed by atoms with Crippen molar-refractivity contribution >= 4 is 5.96 Å². The molecule has 0 radical (unpaired) electrons. The summed E-state index contributed by atoms with van der Waals surface area (Å²) in [6.07, 6.45) is 8.52. The molecule has 1 aliphatic heterocycles. The molecule has 0 aromatic heterocycles. The first-order valence-corrected chi connectivity index (χ1v) is 6.67. The zero-order chi connectivity index (χ0) is 12.1. The lowest BCUT2D eigenvalue weighted by molar-refractivity contribution is 0.358. The molecule has 1 fully saturated rings. The van der Waals surface area contributed by atoms with Gasteiger partial charge in [-0.05, 0) is 26.3 Å². The first-order chi connectivity index (χ1) is 8.24. The van der Waals surface area contributed by atoms with E-state index in [4.69, 9.17) is 5.73 Å². The predicted molar refractivity (Wildman–Crippen MR) is 72.1 cm³/mol. The van der Waals surface area contributed by atoms with Gasteiger partial charge in [0.15, 0.2) is 5.96 Å². The third-order valence-corrected chi connectivity index (χ3v) is 3.67. The standard InChI is InChI=1S/C13H24N4/c1-17-8-6-11(7-9-17)10-15-13(14)16-12-4-2-3-5-12/h6,12H,2-5,7-10H2,1H3,(H3,14,15,16). The van der Waals surface area contributed by atoms with Crippen LogP contribution in [0.4, 0.5) is 0 Å². The van der Waals surface area contributed by atoms with E-state index >= 15 is 0 Å². The van der Waals surface area contributed by atoms with Crippen LogP contribution in [0.15, 0.2) is 16.6 Å². The molecule has 1 aliphatic carbocycles. The molecule has 3 N–H and O–H groups in total. The lowest BCUT2D eigenvalue weighted by Gasteiger charge is -2.21. The van der Waals surface area contributed by atoms with E-state index in [2.05, 4.69) is 28.3 Å². The number of likely N-dealkylation sites (N-methyl/N-ethyl adjacent to an activating group) is 1. The SMILES string of the molecule is CN1CC=C(CN=C(N)NC2CCCC2)CC1. The molecule has 0 aromatic rings. The van der Waals surface area contributed by atoms with Crippen molar-refractivity contribution in [1.29, 1.82) is 0 Å². The molecule has 4 heteroatoms. The Hall–Kier alpha value is -1.03. The first-order valence-electron chi connectivity index (χ1n) is 6.67. The van der Waals surface area contributed by atoms with Crippen LogP contribution in [0, 0.1) is 0 Å². The summed E-state index contributed by atoms with van der Waals surface area (Å²) >= 11 is 0. The van der Waals surface area contributed by atoms with Gasteiger partial charge < -0.3 is 16.0 Å². The van der Waals surface area contributed by atoms with Gasteiger partial charge in [-0.15, -0.1) is 0 Å². The number of hydrogen-bond acceptors (Lipinski definition) is 2. The number of nitrogens with one attached hydrogen (secondary N) is 1. The van der Waals surface area contributed by atoms with Gasteiger partial charge >= 0.3 is 0 Å². The van der Waals surface area contributed by atoms with Crippen molar-refractivity contribution in [3.63, 3.8) is 0 Å². The van der Waals surface area contributed by atoms with Crippen molar-refractivity contribution in [3.05, 3.63) is 11.6 Å². The van der Waals surface area contributed by atoms with Gasteiger partial charge in [0.1, 0.15) is 0 Å². The first kappa shape index (κ1) is 12.4. The van der Waals surface area contributed by atoms with Gasteiger partial charge in [-0.25, -0.2) is 4.99 Å². The van der Waals surface area contributed by atoms with Crippen molar-refractivity contribution in [2.45, 2.75) is 38.1 Å². The zero-order valence-electron chi connectivity index (χ0n) is 10.8. The number of nitrogens with zero attached hydrogens (tertiary/aromatic N) is 2. The summed E-state index contributed by atoms with van der Waals surface area (Å²) in [7, 11) is 2.15. The molecule has 96 valence electrons. The summed E-state index contributed by atoms with van der Waals surface area (Å²) in [5.74, 6) is 0.622. The molecule has 0 saturated heterocycles. The topological polar surface area (TPSA) is 53.6 Å². The maximum atomic E-state index is 5.90. The minimum absolute atomic E-state index is 0.560. The molecule has 0 amide bonds. The van der Waals surface area contributed by atoms with Gasteiger partial charge in [-0.1, -0.05) is 24.5 Å². The molecule has 0 unspecified atom stereocenters. The number of rotatable bonds is 3. The highest BCUT2D eigenvalue weighted by atomic mass is 15.1. The monoisotopic (exact) mass is 236 g/mol. The Morgan fingerprint density at radius 3 is 2.94 bits per heavy atom. The highest BCUT2D eigenvalue weighted by Crippen LogP contribution is 2.17. The van der Waals surface area contributed by atoms with E-state index in [9.17, 15) is 0 Å². The smallest absolute Gasteiger partial charge is 0.189 e. The molecule has 0 spiro atoms. The normalized spacial score (nSPS) is 23.8. The molecule has 2 rings (SSSR count). The molecular weight excluding hydrogens is 212 g/mol. The minimum Gasteiger partial charge on any atom is -0.370 e. The Balaban J connectivity index is 1.75. The van der Waals surface area contributed by atoms with Crippen LogP contribution in [0.1, 0.15) is 32.1 Å². The van der Waals surface area contributed by atoms with E-state index in [1.54, 1.807) is 0 Å². The Kier molecular flexibility index (Phi) is 4.42. The van der Waals surface area contributed by atoms with Crippen molar-refractivity contribution < 1.29 is 0 Å². The fraction of sp³-hybridized carbons (Fsp3) is 0.769. The van der Waals surface area contributed by atoms with Crippen LogP contribution in [0.2, 0.25) is 0 Å². The van der Waals surface area contributed by atoms with E-state index < -0.39 is 0 Å². The Labute approximate surface area is 104 Å². The third kappa shape index (κ3) is 4.04. The third-order valence-electron chi connectivity index (χ3n) is 3.67. The maximum absolute atomic E-state index is 5.90. The second-order valence-electron chi connectivity index (χ2n) is 5.20. The molecule has 0 bridgehead atoms. The fourth-order valence-corrected chi connectivity index (χ4v) is 2.47. The number of guanidine groups is 1. The van der Waals surface area contributed by atoms with Crippen LogP contribution < -0.4 is 11.1 Å². The van der Waals surface area contributed by atoms with Gasteiger partial charge in [0.05, 0.1) is 6.54 Å². The Morgan fingerprint density at radius 1 is 1.53 bits per heavy atom. The highest BCUT2D eigenvalue weighted by molar-refractivity contribution is 5.78. The highest BCUT2D eigenvalue weighted by Gasteiger charge is 2.14. The average Bonchev–Trinajstić information content (AvgIpc) is 2.81. The molecule has 2 aliphatic rings. The van der Waals surface area contributed by atoms with Crippen LogP contribution in [0.3, 0.4) is 0 Å². The summed E-state index contributed by atoms with van der Waals surface area (Å²) in [6, 6.07) is 0.560. The van der Waals surface area contributed by atoms with E-state index in [0.29, 0.717) is 12.0 Å². The summed E-state index contributed by atoms with van der Waals surface area (Å²) in [5.41, 5.74) is 7.32. The number of hydrogen-bond donors (Lipinski definition) is 2. The van der Waals surface area contributed by atoms with Gasteiger partial charge in [-0.2, -0.15) is 0 Å². The van der Waals surface area contributed by atoms with Gasteiger partial charge in [-0.3, -0.25) is 0 Å². The second-order valence-corrected chi connectivity index (χ2v) is 5.20. The van der Waals surface area contributed by atoms with Gasteiger partial charge in [0.2, 0.25) is 0 Å². The van der Waals surface area contributed by atoms with Crippen molar-refractivity contribution in [1.82, 2.24) is 10.2 Å². The summed E-state index contributed by atoms with van der Waals surface area (Å²) < 4.78 is 0. The maximum Gasteiger partial charge on any atom is 0.189 e. The molecular formula is C13H24N4. The van der Waals surface area contributed by atoms with Gasteiger partial charge in [0.25, 0.3) is 0 Å². The van der Waals surface area contributed by atoms with Crippen molar-refractivity contribution in [2.75, 3.05) is 26.7 Å². The predicted octanol–water partition coefficient (Wildman–Crippen LogP) is 1.10. The van der Waals surface area contributed by atoms with Crippen LogP contribution in [-0.2, 0) is 0 Å². The quantitative estimate of drug-likeness (QED) is 0.438. The Morgan fingerprint density at radius 2 is 2.29 bits per heavy atom. The van der Waals surface area contributed by atoms with Crippen LogP contribution in [-0.4, -0.2) is 43.6 Å². The largest absolute Gasteiger partial charge is 0.370 e. The Bertz CT molecular complexity index is 303. The van der Waals surface area contributed by atoms with E-state index in [1.165, 1.54) is 31.3 Å². The van der Waals surface area contributed by atoms with Crippen LogP contribution >= 0.6 is 0 Å². The van der Waals surface area contributed by atoms with Crippen LogP contribution in [0.25, 0.3) is 0 Å². The number of nitrogens with two attached hydrogens (primary N) is 1. The average molecular weight is 236 g/mol. The lowest BCUT2D eigenvalue weighted by Crippen LogP contribution is -2.38. The molecule has 1 heterocycles. The molecule has 0 atom stereocenters. The van der Waals surface area contributed by atoms with Crippen molar-refractivity contribution in [2.24, 2.45) is 10.7 Å². The lowest BCUT2D eigenvalue weighted by atomic mass is 10.1. The van der Waals surface area contributed by atoms with E-state index in [1.807, 2.05) is 0 Å². The molecule has 1 saturated carbocycles. The summed E-state index contributed by atoms with van der Waals surface area (Å²) in [4.78, 5) is 6.75. The second kappa shape index (κ2) is 6.05. The zero-order valence-corrected chi connectivity index (χ0v) is 10.8. The van der Waals surface area contributed by atoms with Crippen molar-refractivity contribution in [3.8, 4) is 0 Å². The minimum atomic E-state index is 0.560. The van der Waals surface area contributed by atoms with E-state index in [0.717, 1.165) is 26.1 Å². The summed E-state index contributed by atoms with van der Waals surface area (Å²) in [6.45, 7) is 2.94. The van der Waals surface area contributed by atoms with Crippen LogP contribution in [0.5, 0.6) is 0 Å². The number of aliphatic imine (C=N–C) groups is 1. The molecule has 0 aromatic carbocycles. The van der Waals surface area contributed by atoms with E-state index in [-0.39, 0.29) is 0 Å². The van der Waals surface area contributed by atoms with Gasteiger partial charge in [0, 0.05) is 19.1 Å². The molecule has 17 heavy (non-hydrogen) atoms. The summed E-state index contributed by atoms with van der Waals surface area (Å²) in [5, 5.41) is 3.32. The fourth-order valence-electron chi connectivity index (χ4n) is 2.47. The molecule has 4 nitrogen and oxygen atoms in total.